The van der Waals surface area contributed by atoms with Crippen molar-refractivity contribution >= 4 is 60.5 Å². The zero-order valence-corrected chi connectivity index (χ0v) is 13.8. The van der Waals surface area contributed by atoms with Gasteiger partial charge in [-0.3, -0.25) is 4.72 Å². The molecule has 8 heteroatoms. The minimum Gasteiger partial charge on any atom is -0.398 e. The quantitative estimate of drug-likeness (QED) is 0.767. The molecule has 0 aliphatic heterocycles. The molecule has 0 aliphatic rings. The Morgan fingerprint density at radius 1 is 1.10 bits per heavy atom. The van der Waals surface area contributed by atoms with E-state index in [2.05, 4.69) is 20.7 Å². The summed E-state index contributed by atoms with van der Waals surface area (Å²) in [5.74, 6) is 0. The molecule has 0 aliphatic carbocycles. The van der Waals surface area contributed by atoms with Crippen molar-refractivity contribution in [3.8, 4) is 0 Å². The summed E-state index contributed by atoms with van der Waals surface area (Å²) in [5.41, 5.74) is 5.99. The van der Waals surface area contributed by atoms with Gasteiger partial charge >= 0.3 is 0 Å². The number of sulfonamides is 1. The van der Waals surface area contributed by atoms with Crippen LogP contribution in [0.15, 0.2) is 45.8 Å². The third-order valence-corrected chi connectivity index (χ3v) is 5.17. The molecule has 0 saturated heterocycles. The lowest BCUT2D eigenvalue weighted by Crippen LogP contribution is -2.15. The predicted molar refractivity (Wildman–Crippen MR) is 85.8 cm³/mol. The molecule has 2 aromatic rings. The molecule has 4 nitrogen and oxygen atoms in total. The van der Waals surface area contributed by atoms with Crippen LogP contribution in [0, 0.1) is 0 Å². The molecule has 2 aromatic carbocycles. The maximum atomic E-state index is 12.4. The lowest BCUT2D eigenvalue weighted by atomic mass is 10.3. The smallest absolute Gasteiger partial charge is 0.265 e. The zero-order chi connectivity index (χ0) is 14.9. The van der Waals surface area contributed by atoms with E-state index in [0.717, 1.165) is 0 Å². The molecule has 0 saturated carbocycles. The fraction of sp³-hybridized carbons (Fsp3) is 0. The number of nitrogen functional groups attached to an aromatic ring is 1. The Balaban J connectivity index is 2.49. The van der Waals surface area contributed by atoms with Crippen molar-refractivity contribution in [2.75, 3.05) is 10.5 Å². The second-order valence-electron chi connectivity index (χ2n) is 3.89. The first-order valence-electron chi connectivity index (χ1n) is 5.33. The molecule has 0 unspecified atom stereocenters. The first kappa shape index (κ1) is 15.4. The maximum absolute atomic E-state index is 12.4. The molecule has 0 amide bonds. The normalized spacial score (nSPS) is 11.3. The van der Waals surface area contributed by atoms with Gasteiger partial charge in [-0.2, -0.15) is 0 Å². The molecular weight excluding hydrogens is 387 g/mol. The van der Waals surface area contributed by atoms with Crippen molar-refractivity contribution in [1.82, 2.24) is 0 Å². The van der Waals surface area contributed by atoms with Gasteiger partial charge in [0.15, 0.2) is 0 Å². The van der Waals surface area contributed by atoms with Gasteiger partial charge in [0.2, 0.25) is 0 Å². The third kappa shape index (κ3) is 3.20. The molecule has 0 bridgehead atoms. The van der Waals surface area contributed by atoms with Crippen molar-refractivity contribution in [3.63, 3.8) is 0 Å². The average molecular weight is 396 g/mol. The number of rotatable bonds is 3. The highest BCUT2D eigenvalue weighted by Gasteiger charge is 2.22. The Morgan fingerprint density at radius 2 is 1.80 bits per heavy atom. The number of hydrogen-bond donors (Lipinski definition) is 2. The molecule has 0 spiro atoms. The minimum atomic E-state index is -3.93. The van der Waals surface area contributed by atoms with Gasteiger partial charge < -0.3 is 5.73 Å². The molecule has 2 rings (SSSR count). The van der Waals surface area contributed by atoms with Crippen LogP contribution in [-0.4, -0.2) is 8.42 Å². The van der Waals surface area contributed by atoms with Gasteiger partial charge in [0.05, 0.1) is 21.4 Å². The summed E-state index contributed by atoms with van der Waals surface area (Å²) in [5, 5.41) is 0.311. The monoisotopic (exact) mass is 394 g/mol. The first-order chi connectivity index (χ1) is 9.31. The third-order valence-electron chi connectivity index (χ3n) is 2.44. The largest absolute Gasteiger partial charge is 0.398 e. The van der Waals surface area contributed by atoms with E-state index in [1.165, 1.54) is 12.1 Å². The van der Waals surface area contributed by atoms with Crippen molar-refractivity contribution in [2.45, 2.75) is 4.90 Å². The van der Waals surface area contributed by atoms with Gasteiger partial charge in [0.25, 0.3) is 10.0 Å². The maximum Gasteiger partial charge on any atom is 0.265 e. The molecular formula is C12H9BrCl2N2O2S. The Morgan fingerprint density at radius 3 is 2.45 bits per heavy atom. The van der Waals surface area contributed by atoms with E-state index < -0.39 is 10.0 Å². The first-order valence-corrected chi connectivity index (χ1v) is 8.36. The molecule has 0 heterocycles. The van der Waals surface area contributed by atoms with Crippen molar-refractivity contribution in [3.05, 3.63) is 50.9 Å². The van der Waals surface area contributed by atoms with Crippen LogP contribution in [0.25, 0.3) is 0 Å². The van der Waals surface area contributed by atoms with Crippen molar-refractivity contribution < 1.29 is 8.42 Å². The number of halogens is 3. The number of nitrogens with two attached hydrogens (primary N) is 1. The van der Waals surface area contributed by atoms with Crippen LogP contribution in [-0.2, 0) is 10.0 Å². The highest BCUT2D eigenvalue weighted by Crippen LogP contribution is 2.32. The highest BCUT2D eigenvalue weighted by atomic mass is 79.9. The van der Waals surface area contributed by atoms with E-state index >= 15 is 0 Å². The lowest BCUT2D eigenvalue weighted by molar-refractivity contribution is 0.601. The van der Waals surface area contributed by atoms with Crippen LogP contribution in [0.2, 0.25) is 10.0 Å². The molecule has 20 heavy (non-hydrogen) atoms. The van der Waals surface area contributed by atoms with E-state index in [1.807, 2.05) is 0 Å². The number of benzene rings is 2. The average Bonchev–Trinajstić information content (AvgIpc) is 2.33. The number of hydrogen-bond acceptors (Lipinski definition) is 3. The molecule has 106 valence electrons. The van der Waals surface area contributed by atoms with Gasteiger partial charge in [-0.05, 0) is 30.3 Å². The van der Waals surface area contributed by atoms with E-state index in [0.29, 0.717) is 4.47 Å². The van der Waals surface area contributed by atoms with Gasteiger partial charge in [0.1, 0.15) is 4.90 Å². The SMILES string of the molecule is Nc1cccc(Cl)c1S(=O)(=O)Nc1cc(Br)ccc1Cl. The fourth-order valence-electron chi connectivity index (χ4n) is 1.58. The predicted octanol–water partition coefficient (Wildman–Crippen LogP) is 4.14. The van der Waals surface area contributed by atoms with Crippen LogP contribution in [0.3, 0.4) is 0 Å². The number of anilines is 2. The van der Waals surface area contributed by atoms with Crippen LogP contribution < -0.4 is 10.5 Å². The summed E-state index contributed by atoms with van der Waals surface area (Å²) in [6.45, 7) is 0. The molecule has 0 fully saturated rings. The van der Waals surface area contributed by atoms with Crippen molar-refractivity contribution in [2.24, 2.45) is 0 Å². The van der Waals surface area contributed by atoms with Crippen LogP contribution in [0.5, 0.6) is 0 Å². The summed E-state index contributed by atoms with van der Waals surface area (Å²) >= 11 is 15.1. The van der Waals surface area contributed by atoms with Gasteiger partial charge in [0, 0.05) is 4.47 Å². The lowest BCUT2D eigenvalue weighted by Gasteiger charge is -2.12. The van der Waals surface area contributed by atoms with Gasteiger partial charge in [-0.25, -0.2) is 8.42 Å². The van der Waals surface area contributed by atoms with E-state index in [1.54, 1.807) is 24.3 Å². The van der Waals surface area contributed by atoms with Crippen molar-refractivity contribution in [1.29, 1.82) is 0 Å². The zero-order valence-electron chi connectivity index (χ0n) is 9.90. The molecule has 0 aromatic heterocycles. The Bertz CT molecular complexity index is 746. The van der Waals surface area contributed by atoms with E-state index in [-0.39, 0.29) is 26.3 Å². The Labute approximate surface area is 135 Å². The highest BCUT2D eigenvalue weighted by molar-refractivity contribution is 9.10. The molecule has 0 radical (unpaired) electrons. The Hall–Kier alpha value is -0.950. The standard InChI is InChI=1S/C12H9BrCl2N2O2S/c13-7-4-5-8(14)11(6-7)17-20(18,19)12-9(15)2-1-3-10(12)16/h1-6,17H,16H2. The van der Waals surface area contributed by atoms with E-state index in [4.69, 9.17) is 28.9 Å². The summed E-state index contributed by atoms with van der Waals surface area (Å²) in [4.78, 5) is -0.169. The van der Waals surface area contributed by atoms with Crippen LogP contribution in [0.1, 0.15) is 0 Å². The minimum absolute atomic E-state index is 0.0450. The molecule has 3 N–H and O–H groups in total. The summed E-state index contributed by atoms with van der Waals surface area (Å²) in [7, 11) is -3.93. The second-order valence-corrected chi connectivity index (χ2v) is 7.24. The van der Waals surface area contributed by atoms with Gasteiger partial charge in [-0.1, -0.05) is 45.2 Å². The summed E-state index contributed by atoms with van der Waals surface area (Å²) in [6.07, 6.45) is 0. The Kier molecular flexibility index (Phi) is 4.49. The topological polar surface area (TPSA) is 72.2 Å². The summed E-state index contributed by atoms with van der Waals surface area (Å²) < 4.78 is 27.8. The fourth-order valence-corrected chi connectivity index (χ4v) is 3.91. The molecule has 0 atom stereocenters. The number of nitrogens with one attached hydrogen (secondary N) is 1. The second kappa shape index (κ2) is 5.81. The van der Waals surface area contributed by atoms with Crippen LogP contribution in [0.4, 0.5) is 11.4 Å². The van der Waals surface area contributed by atoms with Gasteiger partial charge in [-0.15, -0.1) is 0 Å². The van der Waals surface area contributed by atoms with E-state index in [9.17, 15) is 8.42 Å². The van der Waals surface area contributed by atoms with Crippen LogP contribution >= 0.6 is 39.1 Å². The summed E-state index contributed by atoms with van der Waals surface area (Å²) in [6, 6.07) is 9.30.